The Morgan fingerprint density at radius 2 is 1.58 bits per heavy atom. The van der Waals surface area contributed by atoms with E-state index in [0.717, 1.165) is 5.69 Å². The summed E-state index contributed by atoms with van der Waals surface area (Å²) in [7, 11) is 8.06. The quantitative estimate of drug-likeness (QED) is 0.871. The second kappa shape index (κ2) is 8.18. The van der Waals surface area contributed by atoms with Crippen molar-refractivity contribution < 1.29 is 4.79 Å². The summed E-state index contributed by atoms with van der Waals surface area (Å²) in [5, 5.41) is 3.63. The first kappa shape index (κ1) is 18.3. The number of anilines is 1. The van der Waals surface area contributed by atoms with Crippen LogP contribution in [0.3, 0.4) is 0 Å². The second-order valence-electron chi connectivity index (χ2n) is 6.18. The number of benzene rings is 2. The molecule has 0 fully saturated rings. The lowest BCUT2D eigenvalue weighted by molar-refractivity contribution is 0.0942. The molecule has 0 aliphatic rings. The van der Waals surface area contributed by atoms with Gasteiger partial charge >= 0.3 is 0 Å². The van der Waals surface area contributed by atoms with E-state index in [-0.39, 0.29) is 11.9 Å². The Labute approximate surface area is 149 Å². The maximum absolute atomic E-state index is 12.3. The minimum Gasteiger partial charge on any atom is -0.378 e. The Morgan fingerprint density at radius 3 is 2.08 bits per heavy atom. The van der Waals surface area contributed by atoms with Gasteiger partial charge in [-0.2, -0.15) is 0 Å². The van der Waals surface area contributed by atoms with Crippen molar-refractivity contribution in [3.05, 3.63) is 64.7 Å². The fraction of sp³-hybridized carbons (Fsp3) is 0.316. The Bertz CT molecular complexity index is 666. The highest BCUT2D eigenvalue weighted by atomic mass is 35.5. The number of rotatable bonds is 6. The van der Waals surface area contributed by atoms with Crippen LogP contribution < -0.4 is 10.2 Å². The van der Waals surface area contributed by atoms with Crippen LogP contribution in [0.15, 0.2) is 48.5 Å². The van der Waals surface area contributed by atoms with Crippen LogP contribution in [-0.2, 0) is 0 Å². The van der Waals surface area contributed by atoms with Gasteiger partial charge in [0.25, 0.3) is 5.91 Å². The highest BCUT2D eigenvalue weighted by Gasteiger charge is 2.16. The summed E-state index contributed by atoms with van der Waals surface area (Å²) in [5.74, 6) is -0.0940. The summed E-state index contributed by atoms with van der Waals surface area (Å²) < 4.78 is 0. The van der Waals surface area contributed by atoms with Crippen LogP contribution in [-0.4, -0.2) is 45.5 Å². The van der Waals surface area contributed by atoms with Crippen molar-refractivity contribution in [3.63, 3.8) is 0 Å². The molecule has 24 heavy (non-hydrogen) atoms. The first-order chi connectivity index (χ1) is 11.4. The zero-order valence-electron chi connectivity index (χ0n) is 14.6. The van der Waals surface area contributed by atoms with Gasteiger partial charge in [-0.1, -0.05) is 23.7 Å². The summed E-state index contributed by atoms with van der Waals surface area (Å²) >= 11 is 5.86. The van der Waals surface area contributed by atoms with E-state index in [1.165, 1.54) is 5.56 Å². The zero-order valence-corrected chi connectivity index (χ0v) is 15.3. The molecule has 1 atom stereocenters. The van der Waals surface area contributed by atoms with Gasteiger partial charge in [-0.25, -0.2) is 0 Å². The molecule has 0 aliphatic heterocycles. The van der Waals surface area contributed by atoms with E-state index >= 15 is 0 Å². The number of nitrogens with zero attached hydrogens (tertiary/aromatic N) is 2. The van der Waals surface area contributed by atoms with E-state index in [1.54, 1.807) is 24.3 Å². The van der Waals surface area contributed by atoms with Gasteiger partial charge in [-0.05, 0) is 56.1 Å². The number of carbonyl (C=O) groups excluding carboxylic acids is 1. The molecule has 0 saturated heterocycles. The number of carbonyl (C=O) groups is 1. The maximum atomic E-state index is 12.3. The third kappa shape index (κ3) is 4.73. The molecule has 1 N–H and O–H groups in total. The third-order valence-corrected chi connectivity index (χ3v) is 4.23. The normalized spacial score (nSPS) is 12.1. The summed E-state index contributed by atoms with van der Waals surface area (Å²) in [6.45, 7) is 0.537. The number of hydrogen-bond donors (Lipinski definition) is 1. The molecule has 1 unspecified atom stereocenters. The van der Waals surface area contributed by atoms with Gasteiger partial charge in [0.15, 0.2) is 0 Å². The van der Waals surface area contributed by atoms with Gasteiger partial charge in [-0.3, -0.25) is 4.79 Å². The Morgan fingerprint density at radius 1 is 1.00 bits per heavy atom. The Hall–Kier alpha value is -2.04. The molecule has 0 saturated carbocycles. The average Bonchev–Trinajstić information content (AvgIpc) is 2.55. The maximum Gasteiger partial charge on any atom is 0.251 e. The highest BCUT2D eigenvalue weighted by molar-refractivity contribution is 6.30. The van der Waals surface area contributed by atoms with Crippen molar-refractivity contribution in [2.75, 3.05) is 39.6 Å². The molecule has 0 bridgehead atoms. The highest BCUT2D eigenvalue weighted by Crippen LogP contribution is 2.21. The molecular weight excluding hydrogens is 322 g/mol. The van der Waals surface area contributed by atoms with Gasteiger partial charge < -0.3 is 15.1 Å². The van der Waals surface area contributed by atoms with Crippen molar-refractivity contribution in [3.8, 4) is 0 Å². The van der Waals surface area contributed by atoms with Crippen LogP contribution in [0.25, 0.3) is 0 Å². The molecule has 128 valence electrons. The van der Waals surface area contributed by atoms with Gasteiger partial charge in [0.2, 0.25) is 0 Å². The summed E-state index contributed by atoms with van der Waals surface area (Å²) in [5.41, 5.74) is 2.93. The van der Waals surface area contributed by atoms with Gasteiger partial charge in [0.1, 0.15) is 0 Å². The third-order valence-electron chi connectivity index (χ3n) is 3.98. The van der Waals surface area contributed by atoms with Crippen molar-refractivity contribution in [1.82, 2.24) is 10.2 Å². The number of likely N-dealkylation sites (N-methyl/N-ethyl adjacent to an activating group) is 1. The topological polar surface area (TPSA) is 35.6 Å². The molecular formula is C19H24ClN3O. The molecule has 0 heterocycles. The standard InChI is InChI=1S/C19H24ClN3O/c1-22(2)17-11-7-14(8-12-17)18(23(3)4)13-21-19(24)15-5-9-16(20)10-6-15/h5-12,18H,13H2,1-4H3,(H,21,24). The van der Waals surface area contributed by atoms with E-state index in [4.69, 9.17) is 11.6 Å². The number of amides is 1. The van der Waals surface area contributed by atoms with Crippen molar-refractivity contribution in [2.24, 2.45) is 0 Å². The molecule has 0 aromatic heterocycles. The molecule has 2 aromatic rings. The van der Waals surface area contributed by atoms with Gasteiger partial charge in [0.05, 0.1) is 6.04 Å². The number of halogens is 1. The smallest absolute Gasteiger partial charge is 0.251 e. The van der Waals surface area contributed by atoms with Crippen molar-refractivity contribution in [2.45, 2.75) is 6.04 Å². The Kier molecular flexibility index (Phi) is 6.23. The lowest BCUT2D eigenvalue weighted by atomic mass is 10.0. The molecule has 0 aliphatic carbocycles. The second-order valence-corrected chi connectivity index (χ2v) is 6.62. The lowest BCUT2D eigenvalue weighted by Crippen LogP contribution is -2.34. The summed E-state index contributed by atoms with van der Waals surface area (Å²) in [6.07, 6.45) is 0. The van der Waals surface area contributed by atoms with E-state index < -0.39 is 0 Å². The molecule has 5 heteroatoms. The van der Waals surface area contributed by atoms with Crippen molar-refractivity contribution in [1.29, 1.82) is 0 Å². The first-order valence-corrected chi connectivity index (χ1v) is 8.23. The molecule has 4 nitrogen and oxygen atoms in total. The monoisotopic (exact) mass is 345 g/mol. The average molecular weight is 346 g/mol. The summed E-state index contributed by atoms with van der Waals surface area (Å²) in [4.78, 5) is 16.4. The molecule has 2 aromatic carbocycles. The first-order valence-electron chi connectivity index (χ1n) is 7.86. The largest absolute Gasteiger partial charge is 0.378 e. The minimum atomic E-state index is -0.0940. The molecule has 0 radical (unpaired) electrons. The number of hydrogen-bond acceptors (Lipinski definition) is 3. The Balaban J connectivity index is 2.05. The molecule has 0 spiro atoms. The van der Waals surface area contributed by atoms with Crippen LogP contribution in [0.2, 0.25) is 5.02 Å². The van der Waals surface area contributed by atoms with E-state index in [0.29, 0.717) is 17.1 Å². The summed E-state index contributed by atoms with van der Waals surface area (Å²) in [6, 6.07) is 15.4. The fourth-order valence-electron chi connectivity index (χ4n) is 2.49. The van der Waals surface area contributed by atoms with E-state index in [1.807, 2.05) is 28.2 Å². The van der Waals surface area contributed by atoms with Crippen LogP contribution in [0.1, 0.15) is 22.0 Å². The van der Waals surface area contributed by atoms with E-state index in [9.17, 15) is 4.79 Å². The predicted molar refractivity (Wildman–Crippen MR) is 101 cm³/mol. The van der Waals surface area contributed by atoms with Crippen LogP contribution in [0.5, 0.6) is 0 Å². The fourth-order valence-corrected chi connectivity index (χ4v) is 2.61. The van der Waals surface area contributed by atoms with E-state index in [2.05, 4.69) is 39.4 Å². The SMILES string of the molecule is CN(C)c1ccc(C(CNC(=O)c2ccc(Cl)cc2)N(C)C)cc1. The zero-order chi connectivity index (χ0) is 17.7. The number of nitrogens with one attached hydrogen (secondary N) is 1. The van der Waals surface area contributed by atoms with Crippen molar-refractivity contribution >= 4 is 23.2 Å². The lowest BCUT2D eigenvalue weighted by Gasteiger charge is -2.25. The van der Waals surface area contributed by atoms with Crippen LogP contribution in [0, 0.1) is 0 Å². The van der Waals surface area contributed by atoms with Gasteiger partial charge in [0, 0.05) is 36.9 Å². The minimum absolute atomic E-state index is 0.0940. The predicted octanol–water partition coefficient (Wildman–Crippen LogP) is 3.44. The molecule has 2 rings (SSSR count). The van der Waals surface area contributed by atoms with Crippen LogP contribution in [0.4, 0.5) is 5.69 Å². The van der Waals surface area contributed by atoms with Gasteiger partial charge in [-0.15, -0.1) is 0 Å². The van der Waals surface area contributed by atoms with Crippen LogP contribution >= 0.6 is 11.6 Å². The molecule has 1 amide bonds.